The van der Waals surface area contributed by atoms with Gasteiger partial charge in [0.25, 0.3) is 0 Å². The van der Waals surface area contributed by atoms with E-state index in [-0.39, 0.29) is 11.9 Å². The van der Waals surface area contributed by atoms with E-state index < -0.39 is 5.60 Å². The molecule has 24 heavy (non-hydrogen) atoms. The molecule has 1 amide bonds. The predicted molar refractivity (Wildman–Crippen MR) is 92.5 cm³/mol. The fourth-order valence-corrected chi connectivity index (χ4v) is 3.78. The van der Waals surface area contributed by atoms with Gasteiger partial charge in [-0.1, -0.05) is 12.1 Å². The molecule has 0 atom stereocenters. The zero-order chi connectivity index (χ0) is 17.4. The average molecular weight is 334 g/mol. The van der Waals surface area contributed by atoms with Gasteiger partial charge in [-0.3, -0.25) is 0 Å². The third-order valence-electron chi connectivity index (χ3n) is 5.07. The van der Waals surface area contributed by atoms with Crippen molar-refractivity contribution in [2.45, 2.75) is 58.1 Å². The summed E-state index contributed by atoms with van der Waals surface area (Å²) in [5, 5.41) is 3.30. The molecule has 1 N–H and O–H groups in total. The minimum absolute atomic E-state index is 0.196. The number of likely N-dealkylation sites (tertiary alicyclic amines) is 1. The number of para-hydroxylation sites is 1. The number of nitrogens with zero attached hydrogens (tertiary/aromatic N) is 1. The zero-order valence-corrected chi connectivity index (χ0v) is 14.8. The first-order valence-electron chi connectivity index (χ1n) is 8.75. The maximum absolute atomic E-state index is 13.7. The molecule has 0 bridgehead atoms. The van der Waals surface area contributed by atoms with E-state index >= 15 is 0 Å². The Balaban J connectivity index is 1.47. The molecule has 2 aliphatic rings. The number of hydrogen-bond acceptors (Lipinski definition) is 3. The predicted octanol–water partition coefficient (Wildman–Crippen LogP) is 4.42. The van der Waals surface area contributed by atoms with Gasteiger partial charge in [-0.15, -0.1) is 0 Å². The van der Waals surface area contributed by atoms with Gasteiger partial charge in [0, 0.05) is 19.1 Å². The number of benzene rings is 1. The fraction of sp³-hybridized carbons (Fsp3) is 0.632. The Morgan fingerprint density at radius 3 is 2.46 bits per heavy atom. The van der Waals surface area contributed by atoms with E-state index in [4.69, 9.17) is 4.74 Å². The molecule has 1 heterocycles. The Morgan fingerprint density at radius 1 is 1.25 bits per heavy atom. The number of carbonyl (C=O) groups excluding carboxylic acids is 1. The number of anilines is 1. The van der Waals surface area contributed by atoms with Crippen molar-refractivity contribution in [2.24, 2.45) is 5.41 Å². The van der Waals surface area contributed by atoms with E-state index in [1.807, 2.05) is 31.7 Å². The number of carbonyl (C=O) groups is 1. The van der Waals surface area contributed by atoms with Gasteiger partial charge in [0.1, 0.15) is 11.4 Å². The van der Waals surface area contributed by atoms with Crippen LogP contribution in [0.4, 0.5) is 14.9 Å². The lowest BCUT2D eigenvalue weighted by Gasteiger charge is -2.52. The molecule has 0 radical (unpaired) electrons. The first kappa shape index (κ1) is 17.1. The van der Waals surface area contributed by atoms with Gasteiger partial charge >= 0.3 is 6.09 Å². The van der Waals surface area contributed by atoms with E-state index in [0.29, 0.717) is 17.1 Å². The molecular weight excluding hydrogens is 307 g/mol. The highest BCUT2D eigenvalue weighted by Gasteiger charge is 2.46. The number of amides is 1. The number of ether oxygens (including phenoxy) is 1. The summed E-state index contributed by atoms with van der Waals surface area (Å²) >= 11 is 0. The summed E-state index contributed by atoms with van der Waals surface area (Å²) in [6, 6.07) is 7.14. The molecule has 1 aliphatic carbocycles. The summed E-state index contributed by atoms with van der Waals surface area (Å²) < 4.78 is 19.1. The van der Waals surface area contributed by atoms with Gasteiger partial charge in [-0.25, -0.2) is 9.18 Å². The van der Waals surface area contributed by atoms with Gasteiger partial charge in [0.2, 0.25) is 0 Å². The van der Waals surface area contributed by atoms with Crippen molar-refractivity contribution in [3.05, 3.63) is 30.1 Å². The van der Waals surface area contributed by atoms with Crippen molar-refractivity contribution in [1.29, 1.82) is 0 Å². The molecule has 1 saturated carbocycles. The fourth-order valence-electron chi connectivity index (χ4n) is 3.78. The minimum atomic E-state index is -0.447. The van der Waals surface area contributed by atoms with E-state index in [1.165, 1.54) is 6.07 Å². The van der Waals surface area contributed by atoms with Crippen molar-refractivity contribution in [3.8, 4) is 0 Å². The average Bonchev–Trinajstić information content (AvgIpc) is 2.47. The zero-order valence-electron chi connectivity index (χ0n) is 14.8. The van der Waals surface area contributed by atoms with Crippen LogP contribution in [0.2, 0.25) is 0 Å². The highest BCUT2D eigenvalue weighted by molar-refractivity contribution is 5.68. The van der Waals surface area contributed by atoms with Crippen molar-refractivity contribution in [2.75, 3.05) is 18.4 Å². The quantitative estimate of drug-likeness (QED) is 0.870. The number of hydrogen-bond donors (Lipinski definition) is 1. The van der Waals surface area contributed by atoms with Crippen molar-refractivity contribution < 1.29 is 13.9 Å². The summed E-state index contributed by atoms with van der Waals surface area (Å²) in [5.74, 6) is -0.196. The topological polar surface area (TPSA) is 41.6 Å². The van der Waals surface area contributed by atoms with Crippen LogP contribution in [0.15, 0.2) is 24.3 Å². The maximum atomic E-state index is 13.7. The standard InChI is InChI=1S/C19H27FN2O2/c1-18(2,3)24-17(23)22-10-8-19(9-11-22)12-14(13-19)21-16-7-5-4-6-15(16)20/h4-7,14,21H,8-13H2,1-3H3. The smallest absolute Gasteiger partial charge is 0.410 e. The lowest BCUT2D eigenvalue weighted by Crippen LogP contribution is -2.53. The lowest BCUT2D eigenvalue weighted by molar-refractivity contribution is -0.00863. The first-order valence-corrected chi connectivity index (χ1v) is 8.75. The van der Waals surface area contributed by atoms with Gasteiger partial charge < -0.3 is 15.0 Å². The molecule has 132 valence electrons. The van der Waals surface area contributed by atoms with Crippen LogP contribution >= 0.6 is 0 Å². The Hall–Kier alpha value is -1.78. The van der Waals surface area contributed by atoms with Crippen LogP contribution < -0.4 is 5.32 Å². The summed E-state index contributed by atoms with van der Waals surface area (Å²) in [7, 11) is 0. The van der Waals surface area contributed by atoms with Crippen molar-refractivity contribution in [3.63, 3.8) is 0 Å². The SMILES string of the molecule is CC(C)(C)OC(=O)N1CCC2(CC1)CC(Nc1ccccc1F)C2. The van der Waals surface area contributed by atoms with Gasteiger partial charge in [-0.2, -0.15) is 0 Å². The Bertz CT molecular complexity index is 596. The molecular formula is C19H27FN2O2. The second kappa shape index (κ2) is 6.26. The highest BCUT2D eigenvalue weighted by Crippen LogP contribution is 2.50. The molecule has 4 nitrogen and oxygen atoms in total. The van der Waals surface area contributed by atoms with Crippen LogP contribution in [0.1, 0.15) is 46.5 Å². The normalized spacial score (nSPS) is 20.6. The molecule has 0 aromatic heterocycles. The summed E-state index contributed by atoms with van der Waals surface area (Å²) in [6.45, 7) is 7.17. The van der Waals surface area contributed by atoms with Gasteiger partial charge in [0.15, 0.2) is 0 Å². The highest BCUT2D eigenvalue weighted by atomic mass is 19.1. The van der Waals surface area contributed by atoms with Gasteiger partial charge in [0.05, 0.1) is 5.69 Å². The van der Waals surface area contributed by atoms with E-state index in [9.17, 15) is 9.18 Å². The first-order chi connectivity index (χ1) is 11.3. The molecule has 2 fully saturated rings. The Morgan fingerprint density at radius 2 is 1.88 bits per heavy atom. The monoisotopic (exact) mass is 334 g/mol. The van der Waals surface area contributed by atoms with Crippen LogP contribution in [-0.2, 0) is 4.74 Å². The second-order valence-corrected chi connectivity index (χ2v) is 8.20. The van der Waals surface area contributed by atoms with Crippen LogP contribution in [0.3, 0.4) is 0 Å². The molecule has 1 spiro atoms. The summed E-state index contributed by atoms with van der Waals surface area (Å²) in [6.07, 6.45) is 3.88. The maximum Gasteiger partial charge on any atom is 0.410 e. The third kappa shape index (κ3) is 3.82. The van der Waals surface area contributed by atoms with Gasteiger partial charge in [-0.05, 0) is 64.0 Å². The van der Waals surface area contributed by atoms with Crippen molar-refractivity contribution in [1.82, 2.24) is 4.90 Å². The Labute approximate surface area is 143 Å². The molecule has 3 rings (SSSR count). The number of nitrogens with one attached hydrogen (secondary N) is 1. The third-order valence-corrected chi connectivity index (χ3v) is 5.07. The molecule has 5 heteroatoms. The van der Waals surface area contributed by atoms with E-state index in [0.717, 1.165) is 38.8 Å². The minimum Gasteiger partial charge on any atom is -0.444 e. The number of rotatable bonds is 2. The molecule has 1 aliphatic heterocycles. The van der Waals surface area contributed by atoms with Crippen LogP contribution in [0.25, 0.3) is 0 Å². The van der Waals surface area contributed by atoms with Crippen LogP contribution in [-0.4, -0.2) is 35.7 Å². The largest absolute Gasteiger partial charge is 0.444 e. The second-order valence-electron chi connectivity index (χ2n) is 8.20. The molecule has 1 aromatic rings. The van der Waals surface area contributed by atoms with Crippen LogP contribution in [0, 0.1) is 11.2 Å². The number of halogens is 1. The van der Waals surface area contributed by atoms with Crippen LogP contribution in [0.5, 0.6) is 0 Å². The van der Waals surface area contributed by atoms with E-state index in [1.54, 1.807) is 12.1 Å². The number of piperidine rings is 1. The van der Waals surface area contributed by atoms with Crippen molar-refractivity contribution >= 4 is 11.8 Å². The summed E-state index contributed by atoms with van der Waals surface area (Å²) in [5.41, 5.74) is 0.447. The lowest BCUT2D eigenvalue weighted by atomic mass is 9.60. The van der Waals surface area contributed by atoms with E-state index in [2.05, 4.69) is 5.32 Å². The molecule has 0 unspecified atom stereocenters. The molecule has 1 saturated heterocycles. The molecule has 1 aromatic carbocycles. The Kier molecular flexibility index (Phi) is 4.45. The summed E-state index contributed by atoms with van der Waals surface area (Å²) in [4.78, 5) is 13.9.